The number of benzene rings is 2. The molecule has 2 aromatic carbocycles. The van der Waals surface area contributed by atoms with Crippen LogP contribution in [0.1, 0.15) is 45.2 Å². The van der Waals surface area contributed by atoms with Gasteiger partial charge in [-0.25, -0.2) is 4.79 Å². The molecule has 2 aromatic rings. The minimum atomic E-state index is -0.527. The number of carbonyl (C=O) groups is 2. The zero-order valence-electron chi connectivity index (χ0n) is 19.0. The van der Waals surface area contributed by atoms with Crippen molar-refractivity contribution >= 4 is 12.1 Å². The Kier molecular flexibility index (Phi) is 9.53. The average Bonchev–Trinajstić information content (AvgIpc) is 2.74. The summed E-state index contributed by atoms with van der Waals surface area (Å²) in [5, 5.41) is 2.77. The number of hydrogen-bond acceptors (Lipinski definition) is 5. The van der Waals surface area contributed by atoms with Crippen LogP contribution in [0.2, 0.25) is 0 Å². The summed E-state index contributed by atoms with van der Waals surface area (Å²) < 4.78 is 10.8. The van der Waals surface area contributed by atoms with Crippen LogP contribution in [0.15, 0.2) is 60.7 Å². The number of carbonyl (C=O) groups excluding carboxylic acids is 2. The molecule has 168 valence electrons. The third kappa shape index (κ3) is 9.66. The van der Waals surface area contributed by atoms with Crippen molar-refractivity contribution in [1.29, 1.82) is 0 Å². The van der Waals surface area contributed by atoms with Gasteiger partial charge in [-0.15, -0.1) is 0 Å². The van der Waals surface area contributed by atoms with Crippen LogP contribution in [0.25, 0.3) is 0 Å². The van der Waals surface area contributed by atoms with Crippen molar-refractivity contribution in [3.8, 4) is 0 Å². The fraction of sp³-hybridized carbons (Fsp3) is 0.440. The standard InChI is InChI=1S/C25H34N2O4/c1-20(23(28)30-19-22-14-9-6-10-15-22)27(18-21-12-7-5-8-13-21)17-11-16-26-24(29)31-25(2,3)4/h5-10,12-15,20H,11,16-19H2,1-4H3,(H,26,29)/t20-/m1/s1. The third-order valence-electron chi connectivity index (χ3n) is 4.63. The van der Waals surface area contributed by atoms with Crippen LogP contribution in [0.5, 0.6) is 0 Å². The number of rotatable bonds is 10. The van der Waals surface area contributed by atoms with E-state index >= 15 is 0 Å². The average molecular weight is 427 g/mol. The lowest BCUT2D eigenvalue weighted by atomic mass is 10.1. The van der Waals surface area contributed by atoms with Gasteiger partial charge in [0, 0.05) is 19.6 Å². The SMILES string of the molecule is C[C@H](C(=O)OCc1ccccc1)N(CCCNC(=O)OC(C)(C)C)Cc1ccccc1. The second-order valence-electron chi connectivity index (χ2n) is 8.51. The summed E-state index contributed by atoms with van der Waals surface area (Å²) >= 11 is 0. The van der Waals surface area contributed by atoms with Gasteiger partial charge in [0.05, 0.1) is 0 Å². The van der Waals surface area contributed by atoms with E-state index < -0.39 is 17.7 Å². The maximum absolute atomic E-state index is 12.7. The minimum absolute atomic E-state index is 0.253. The van der Waals surface area contributed by atoms with E-state index in [1.807, 2.05) is 88.4 Å². The predicted molar refractivity (Wildman–Crippen MR) is 121 cm³/mol. The largest absolute Gasteiger partial charge is 0.460 e. The number of ether oxygens (including phenoxy) is 2. The highest BCUT2D eigenvalue weighted by Crippen LogP contribution is 2.12. The van der Waals surface area contributed by atoms with Crippen molar-refractivity contribution in [3.63, 3.8) is 0 Å². The van der Waals surface area contributed by atoms with Crippen LogP contribution in [-0.2, 0) is 27.4 Å². The normalized spacial score (nSPS) is 12.3. The fourth-order valence-corrected chi connectivity index (χ4v) is 3.01. The molecule has 2 rings (SSSR count). The van der Waals surface area contributed by atoms with Crippen molar-refractivity contribution in [1.82, 2.24) is 10.2 Å². The molecule has 0 saturated heterocycles. The van der Waals surface area contributed by atoms with E-state index in [2.05, 4.69) is 10.2 Å². The third-order valence-corrected chi connectivity index (χ3v) is 4.63. The first-order valence-electron chi connectivity index (χ1n) is 10.7. The summed E-state index contributed by atoms with van der Waals surface area (Å²) in [5.41, 5.74) is 1.55. The first-order chi connectivity index (χ1) is 14.7. The van der Waals surface area contributed by atoms with Gasteiger partial charge in [-0.3, -0.25) is 9.69 Å². The maximum Gasteiger partial charge on any atom is 0.407 e. The Hall–Kier alpha value is -2.86. The molecular weight excluding hydrogens is 392 g/mol. The number of alkyl carbamates (subject to hydrolysis) is 1. The summed E-state index contributed by atoms with van der Waals surface area (Å²) in [6.07, 6.45) is 0.250. The minimum Gasteiger partial charge on any atom is -0.460 e. The van der Waals surface area contributed by atoms with Crippen molar-refractivity contribution in [2.24, 2.45) is 0 Å². The molecule has 0 aliphatic carbocycles. The molecule has 0 unspecified atom stereocenters. The molecule has 31 heavy (non-hydrogen) atoms. The molecule has 0 bridgehead atoms. The monoisotopic (exact) mass is 426 g/mol. The first kappa shape index (κ1) is 24.4. The van der Waals surface area contributed by atoms with E-state index in [0.717, 1.165) is 11.1 Å². The van der Waals surface area contributed by atoms with Crippen LogP contribution in [0.3, 0.4) is 0 Å². The molecule has 1 atom stereocenters. The Bertz CT molecular complexity index is 803. The fourth-order valence-electron chi connectivity index (χ4n) is 3.01. The number of nitrogens with one attached hydrogen (secondary N) is 1. The van der Waals surface area contributed by atoms with Gasteiger partial charge in [0.2, 0.25) is 0 Å². The summed E-state index contributed by atoms with van der Waals surface area (Å²) in [6, 6.07) is 19.2. The molecular formula is C25H34N2O4. The highest BCUT2D eigenvalue weighted by molar-refractivity contribution is 5.75. The molecule has 0 fully saturated rings. The lowest BCUT2D eigenvalue weighted by Crippen LogP contribution is -2.41. The van der Waals surface area contributed by atoms with Crippen LogP contribution < -0.4 is 5.32 Å². The molecule has 0 saturated carbocycles. The van der Waals surface area contributed by atoms with Crippen molar-refractivity contribution < 1.29 is 19.1 Å². The number of nitrogens with zero attached hydrogens (tertiary/aromatic N) is 1. The Morgan fingerprint density at radius 2 is 1.55 bits per heavy atom. The molecule has 1 amide bonds. The summed E-state index contributed by atoms with van der Waals surface area (Å²) in [6.45, 7) is 9.32. The van der Waals surface area contributed by atoms with Crippen LogP contribution >= 0.6 is 0 Å². The summed E-state index contributed by atoms with van der Waals surface area (Å²) in [5.74, 6) is -0.264. The lowest BCUT2D eigenvalue weighted by Gasteiger charge is -2.28. The van der Waals surface area contributed by atoms with Gasteiger partial charge < -0.3 is 14.8 Å². The van der Waals surface area contributed by atoms with E-state index in [4.69, 9.17) is 9.47 Å². The van der Waals surface area contributed by atoms with Gasteiger partial charge in [0.25, 0.3) is 0 Å². The topological polar surface area (TPSA) is 67.9 Å². The second-order valence-corrected chi connectivity index (χ2v) is 8.51. The first-order valence-corrected chi connectivity index (χ1v) is 10.7. The van der Waals surface area contributed by atoms with Crippen molar-refractivity contribution in [2.75, 3.05) is 13.1 Å². The molecule has 0 aliphatic heterocycles. The highest BCUT2D eigenvalue weighted by Gasteiger charge is 2.23. The van der Waals surface area contributed by atoms with Crippen molar-refractivity contribution in [3.05, 3.63) is 71.8 Å². The number of esters is 1. The van der Waals surface area contributed by atoms with Crippen LogP contribution in [0.4, 0.5) is 4.79 Å². The van der Waals surface area contributed by atoms with Crippen LogP contribution in [0, 0.1) is 0 Å². The maximum atomic E-state index is 12.7. The zero-order valence-corrected chi connectivity index (χ0v) is 19.0. The molecule has 1 N–H and O–H groups in total. The highest BCUT2D eigenvalue weighted by atomic mass is 16.6. The Balaban J connectivity index is 1.90. The quantitative estimate of drug-likeness (QED) is 0.446. The smallest absolute Gasteiger partial charge is 0.407 e. The van der Waals surface area contributed by atoms with Gasteiger partial charge in [0.1, 0.15) is 18.2 Å². The van der Waals surface area contributed by atoms with E-state index in [1.165, 1.54) is 0 Å². The Morgan fingerprint density at radius 1 is 0.968 bits per heavy atom. The molecule has 6 nitrogen and oxygen atoms in total. The molecule has 0 radical (unpaired) electrons. The van der Waals surface area contributed by atoms with Crippen LogP contribution in [-0.4, -0.2) is 41.7 Å². The van der Waals surface area contributed by atoms with Gasteiger partial charge in [-0.05, 0) is 45.2 Å². The summed E-state index contributed by atoms with van der Waals surface area (Å²) in [4.78, 5) is 26.6. The second kappa shape index (κ2) is 12.1. The lowest BCUT2D eigenvalue weighted by molar-refractivity contribution is -0.151. The summed E-state index contributed by atoms with van der Waals surface area (Å²) in [7, 11) is 0. The Morgan fingerprint density at radius 3 is 2.13 bits per heavy atom. The molecule has 0 aliphatic rings. The number of amides is 1. The van der Waals surface area contributed by atoms with Crippen molar-refractivity contribution in [2.45, 2.75) is 58.9 Å². The van der Waals surface area contributed by atoms with E-state index in [0.29, 0.717) is 26.1 Å². The molecule has 6 heteroatoms. The van der Waals surface area contributed by atoms with E-state index in [9.17, 15) is 9.59 Å². The molecule has 0 spiro atoms. The van der Waals surface area contributed by atoms with E-state index in [1.54, 1.807) is 0 Å². The molecule has 0 heterocycles. The van der Waals surface area contributed by atoms with Gasteiger partial charge in [-0.1, -0.05) is 60.7 Å². The Labute approximate surface area is 185 Å². The predicted octanol–water partition coefficient (Wildman–Crippen LogP) is 4.54. The number of hydrogen-bond donors (Lipinski definition) is 1. The van der Waals surface area contributed by atoms with Gasteiger partial charge >= 0.3 is 12.1 Å². The van der Waals surface area contributed by atoms with Gasteiger partial charge in [0.15, 0.2) is 0 Å². The molecule has 0 aromatic heterocycles. The van der Waals surface area contributed by atoms with Gasteiger partial charge in [-0.2, -0.15) is 0 Å². The van der Waals surface area contributed by atoms with E-state index in [-0.39, 0.29) is 12.6 Å². The zero-order chi connectivity index (χ0) is 22.7.